The summed E-state index contributed by atoms with van der Waals surface area (Å²) in [7, 11) is 0. The lowest BCUT2D eigenvalue weighted by molar-refractivity contribution is 0.0996. The smallest absolute Gasteiger partial charge is 0.323 e. The number of urea groups is 1. The number of benzene rings is 2. The van der Waals surface area contributed by atoms with Gasteiger partial charge in [0.05, 0.1) is 17.6 Å². The minimum atomic E-state index is -0.615. The van der Waals surface area contributed by atoms with Crippen LogP contribution in [0.25, 0.3) is 0 Å². The average molecular weight is 382 g/mol. The second-order valence-corrected chi connectivity index (χ2v) is 6.14. The van der Waals surface area contributed by atoms with E-state index in [1.807, 2.05) is 13.0 Å². The summed E-state index contributed by atoms with van der Waals surface area (Å²) >= 11 is 0. The molecule has 0 radical (unpaired) electrons. The molecule has 3 aromatic rings. The van der Waals surface area contributed by atoms with E-state index in [9.17, 15) is 14.0 Å². The van der Waals surface area contributed by atoms with Crippen molar-refractivity contribution in [2.75, 3.05) is 16.0 Å². The second-order valence-electron chi connectivity index (χ2n) is 6.14. The summed E-state index contributed by atoms with van der Waals surface area (Å²) in [5.41, 5.74) is 8.25. The van der Waals surface area contributed by atoms with E-state index in [2.05, 4.69) is 26.1 Å². The SMILES string of the molecule is Cc1ccc(F)c(NC(=O)Nc2cccc(CNc3cn[nH]c3C(N)=O)c2)c1. The number of anilines is 3. The number of aryl methyl sites for hydroxylation is 1. The van der Waals surface area contributed by atoms with Gasteiger partial charge in [0.2, 0.25) is 0 Å². The Morgan fingerprint density at radius 3 is 2.75 bits per heavy atom. The third kappa shape index (κ3) is 4.64. The van der Waals surface area contributed by atoms with Crippen LogP contribution in [0.3, 0.4) is 0 Å². The molecule has 0 aliphatic heterocycles. The number of aromatic amines is 1. The molecule has 2 aromatic carbocycles. The van der Waals surface area contributed by atoms with Crippen molar-refractivity contribution in [2.45, 2.75) is 13.5 Å². The predicted molar refractivity (Wildman–Crippen MR) is 105 cm³/mol. The van der Waals surface area contributed by atoms with Crippen molar-refractivity contribution in [2.24, 2.45) is 5.73 Å². The number of hydrogen-bond acceptors (Lipinski definition) is 4. The van der Waals surface area contributed by atoms with Crippen LogP contribution in [0.5, 0.6) is 0 Å². The molecule has 28 heavy (non-hydrogen) atoms. The van der Waals surface area contributed by atoms with Crippen LogP contribution in [0.1, 0.15) is 21.6 Å². The first-order chi connectivity index (χ1) is 13.4. The first-order valence-electron chi connectivity index (χ1n) is 8.42. The number of aromatic nitrogens is 2. The van der Waals surface area contributed by atoms with Crippen molar-refractivity contribution in [1.29, 1.82) is 0 Å². The summed E-state index contributed by atoms with van der Waals surface area (Å²) in [4.78, 5) is 23.4. The van der Waals surface area contributed by atoms with Gasteiger partial charge in [0.15, 0.2) is 0 Å². The van der Waals surface area contributed by atoms with Crippen molar-refractivity contribution in [3.8, 4) is 0 Å². The van der Waals surface area contributed by atoms with E-state index in [1.54, 1.807) is 30.3 Å². The zero-order chi connectivity index (χ0) is 20.1. The minimum absolute atomic E-state index is 0.106. The fourth-order valence-corrected chi connectivity index (χ4v) is 2.58. The maximum Gasteiger partial charge on any atom is 0.323 e. The summed E-state index contributed by atoms with van der Waals surface area (Å²) in [6.45, 7) is 2.19. The fraction of sp³-hybridized carbons (Fsp3) is 0.105. The van der Waals surface area contributed by atoms with Crippen LogP contribution in [0.4, 0.5) is 26.2 Å². The number of halogens is 1. The van der Waals surface area contributed by atoms with Crippen molar-refractivity contribution in [1.82, 2.24) is 10.2 Å². The molecule has 9 heteroatoms. The quantitative estimate of drug-likeness (QED) is 0.449. The first-order valence-corrected chi connectivity index (χ1v) is 8.42. The lowest BCUT2D eigenvalue weighted by Gasteiger charge is -2.11. The summed E-state index contributed by atoms with van der Waals surface area (Å²) in [5.74, 6) is -1.13. The van der Waals surface area contributed by atoms with E-state index in [0.717, 1.165) is 11.1 Å². The molecule has 0 bridgehead atoms. The van der Waals surface area contributed by atoms with Crippen LogP contribution >= 0.6 is 0 Å². The lowest BCUT2D eigenvalue weighted by atomic mass is 10.2. The summed E-state index contributed by atoms with van der Waals surface area (Å²) in [5, 5.41) is 14.5. The maximum atomic E-state index is 13.8. The molecule has 0 spiro atoms. The molecule has 1 aromatic heterocycles. The van der Waals surface area contributed by atoms with Gasteiger partial charge < -0.3 is 21.7 Å². The first kappa shape index (κ1) is 18.9. The standard InChI is InChI=1S/C19H19FN6O2/c1-11-5-6-14(20)15(7-11)25-19(28)24-13-4-2-3-12(8-13)9-22-16-10-23-26-17(16)18(21)27/h2-8,10,22H,9H2,1H3,(H2,21,27)(H,23,26)(H2,24,25,28). The number of carbonyl (C=O) groups is 2. The highest BCUT2D eigenvalue weighted by Gasteiger charge is 2.11. The molecular formula is C19H19FN6O2. The van der Waals surface area contributed by atoms with Crippen LogP contribution in [0, 0.1) is 12.7 Å². The highest BCUT2D eigenvalue weighted by atomic mass is 19.1. The van der Waals surface area contributed by atoms with Crippen molar-refractivity contribution < 1.29 is 14.0 Å². The number of carbonyl (C=O) groups excluding carboxylic acids is 2. The van der Waals surface area contributed by atoms with Crippen molar-refractivity contribution >= 4 is 29.0 Å². The van der Waals surface area contributed by atoms with Crippen LogP contribution in [0.15, 0.2) is 48.7 Å². The van der Waals surface area contributed by atoms with Gasteiger partial charge in [0.1, 0.15) is 11.5 Å². The number of primary amides is 1. The van der Waals surface area contributed by atoms with E-state index < -0.39 is 17.8 Å². The van der Waals surface area contributed by atoms with Crippen LogP contribution in [-0.2, 0) is 6.54 Å². The second kappa shape index (κ2) is 8.21. The molecule has 0 saturated heterocycles. The number of hydrogen-bond donors (Lipinski definition) is 5. The van der Waals surface area contributed by atoms with Crippen LogP contribution in [-0.4, -0.2) is 22.1 Å². The Bertz CT molecular complexity index is 1020. The van der Waals surface area contributed by atoms with Gasteiger partial charge >= 0.3 is 6.03 Å². The van der Waals surface area contributed by atoms with E-state index in [4.69, 9.17) is 5.73 Å². The van der Waals surface area contributed by atoms with Crippen molar-refractivity contribution in [3.05, 3.63) is 71.3 Å². The number of H-pyrrole nitrogens is 1. The van der Waals surface area contributed by atoms with Gasteiger partial charge in [-0.05, 0) is 42.3 Å². The molecule has 3 amide bonds. The lowest BCUT2D eigenvalue weighted by Crippen LogP contribution is -2.20. The van der Waals surface area contributed by atoms with E-state index in [-0.39, 0.29) is 11.4 Å². The Balaban J connectivity index is 1.63. The van der Waals surface area contributed by atoms with Gasteiger partial charge in [0.25, 0.3) is 5.91 Å². The van der Waals surface area contributed by atoms with Gasteiger partial charge in [-0.15, -0.1) is 0 Å². The Morgan fingerprint density at radius 1 is 1.14 bits per heavy atom. The Hall–Kier alpha value is -3.88. The fourth-order valence-electron chi connectivity index (χ4n) is 2.58. The molecule has 0 aliphatic carbocycles. The average Bonchev–Trinajstić information content (AvgIpc) is 3.12. The molecule has 3 rings (SSSR count). The van der Waals surface area contributed by atoms with Crippen molar-refractivity contribution in [3.63, 3.8) is 0 Å². The minimum Gasteiger partial charge on any atom is -0.378 e. The summed E-state index contributed by atoms with van der Waals surface area (Å²) in [6.07, 6.45) is 1.46. The van der Waals surface area contributed by atoms with Gasteiger partial charge in [0, 0.05) is 12.2 Å². The number of amides is 3. The molecule has 0 saturated carbocycles. The van der Waals surface area contributed by atoms with Gasteiger partial charge in [-0.25, -0.2) is 9.18 Å². The topological polar surface area (TPSA) is 125 Å². The predicted octanol–water partition coefficient (Wildman–Crippen LogP) is 3.21. The summed E-state index contributed by atoms with van der Waals surface area (Å²) < 4.78 is 13.8. The Labute approximate surface area is 160 Å². The van der Waals surface area contributed by atoms with E-state index in [0.29, 0.717) is 17.9 Å². The zero-order valence-corrected chi connectivity index (χ0v) is 15.0. The molecular weight excluding hydrogens is 363 g/mol. The molecule has 0 fully saturated rings. The Morgan fingerprint density at radius 2 is 1.96 bits per heavy atom. The van der Waals surface area contributed by atoms with Gasteiger partial charge in [-0.3, -0.25) is 9.89 Å². The van der Waals surface area contributed by atoms with Gasteiger partial charge in [-0.1, -0.05) is 18.2 Å². The van der Waals surface area contributed by atoms with Crippen LogP contribution in [0.2, 0.25) is 0 Å². The molecule has 0 aliphatic rings. The normalized spacial score (nSPS) is 10.4. The molecule has 6 N–H and O–H groups in total. The number of nitrogens with zero attached hydrogens (tertiary/aromatic N) is 1. The highest BCUT2D eigenvalue weighted by Crippen LogP contribution is 2.18. The van der Waals surface area contributed by atoms with Gasteiger partial charge in [-0.2, -0.15) is 5.10 Å². The molecule has 0 atom stereocenters. The molecule has 144 valence electrons. The summed E-state index contributed by atoms with van der Waals surface area (Å²) in [6, 6.07) is 11.0. The zero-order valence-electron chi connectivity index (χ0n) is 15.0. The maximum absolute atomic E-state index is 13.8. The number of nitrogens with two attached hydrogens (primary N) is 1. The monoisotopic (exact) mass is 382 g/mol. The van der Waals surface area contributed by atoms with E-state index >= 15 is 0 Å². The molecule has 0 unspecified atom stereocenters. The number of nitrogens with one attached hydrogen (secondary N) is 4. The largest absolute Gasteiger partial charge is 0.378 e. The molecule has 8 nitrogen and oxygen atoms in total. The van der Waals surface area contributed by atoms with Crippen LogP contribution < -0.4 is 21.7 Å². The Kier molecular flexibility index (Phi) is 5.54. The third-order valence-electron chi connectivity index (χ3n) is 3.92. The molecule has 1 heterocycles. The third-order valence-corrected chi connectivity index (χ3v) is 3.92. The highest BCUT2D eigenvalue weighted by molar-refractivity contribution is 6.00. The number of rotatable bonds is 6. The van der Waals surface area contributed by atoms with E-state index in [1.165, 1.54) is 12.3 Å².